The molecule has 0 radical (unpaired) electrons. The third kappa shape index (κ3) is 4.02. The van der Waals surface area contributed by atoms with Crippen LogP contribution in [0, 0.1) is 13.8 Å². The minimum absolute atomic E-state index is 0.0621. The van der Waals surface area contributed by atoms with Crippen molar-refractivity contribution in [3.63, 3.8) is 0 Å². The van der Waals surface area contributed by atoms with E-state index in [-0.39, 0.29) is 5.91 Å². The van der Waals surface area contributed by atoms with Gasteiger partial charge in [-0.2, -0.15) is 5.10 Å². The van der Waals surface area contributed by atoms with E-state index < -0.39 is 0 Å². The van der Waals surface area contributed by atoms with E-state index in [4.69, 9.17) is 11.6 Å². The number of likely N-dealkylation sites (N-methyl/N-ethyl adjacent to an activating group) is 1. The molecule has 0 aliphatic heterocycles. The lowest BCUT2D eigenvalue weighted by molar-refractivity contribution is -0.125. The van der Waals surface area contributed by atoms with Gasteiger partial charge in [0.15, 0.2) is 0 Å². The summed E-state index contributed by atoms with van der Waals surface area (Å²) in [5.74, 6) is -0.0621. The molecule has 2 aromatic rings. The molecule has 0 saturated carbocycles. The number of nitrogens with zero attached hydrogens (tertiary/aromatic N) is 3. The van der Waals surface area contributed by atoms with Gasteiger partial charge in [-0.05, 0) is 38.5 Å². The molecular weight excluding hydrogens is 310 g/mol. The number of benzene rings is 1. The van der Waals surface area contributed by atoms with Crippen LogP contribution in [0.3, 0.4) is 0 Å². The van der Waals surface area contributed by atoms with E-state index in [1.807, 2.05) is 36.7 Å². The average molecular weight is 332 g/mol. The van der Waals surface area contributed by atoms with Crippen LogP contribution in [0.1, 0.15) is 29.4 Å². The number of halogens is 1. The van der Waals surface area contributed by atoms with Gasteiger partial charge in [-0.15, -0.1) is 0 Å². The highest BCUT2D eigenvalue weighted by Gasteiger charge is 2.14. The first-order valence-electron chi connectivity index (χ1n) is 7.64. The first kappa shape index (κ1) is 17.3. The van der Waals surface area contributed by atoms with Crippen molar-refractivity contribution in [2.45, 2.75) is 33.9 Å². The largest absolute Gasteiger partial charge is 0.338 e. The molecule has 122 valence electrons. The highest BCUT2D eigenvalue weighted by molar-refractivity contribution is 6.32. The lowest BCUT2D eigenvalue weighted by Gasteiger charge is -2.15. The van der Waals surface area contributed by atoms with E-state index in [2.05, 4.69) is 12.0 Å². The van der Waals surface area contributed by atoms with Crippen molar-refractivity contribution >= 4 is 23.6 Å². The fourth-order valence-electron chi connectivity index (χ4n) is 2.48. The molecule has 0 unspecified atom stereocenters. The maximum Gasteiger partial charge on any atom is 0.246 e. The molecule has 1 amide bonds. The van der Waals surface area contributed by atoms with Crippen LogP contribution in [0.4, 0.5) is 0 Å². The van der Waals surface area contributed by atoms with Crippen molar-refractivity contribution in [3.05, 3.63) is 57.9 Å². The van der Waals surface area contributed by atoms with E-state index in [0.29, 0.717) is 11.6 Å². The van der Waals surface area contributed by atoms with Gasteiger partial charge in [-0.25, -0.2) is 0 Å². The molecule has 0 aliphatic rings. The van der Waals surface area contributed by atoms with Gasteiger partial charge in [-0.1, -0.05) is 29.8 Å². The van der Waals surface area contributed by atoms with Gasteiger partial charge < -0.3 is 4.90 Å². The molecule has 0 bridgehead atoms. The van der Waals surface area contributed by atoms with Gasteiger partial charge in [0.1, 0.15) is 0 Å². The maximum absolute atomic E-state index is 12.3. The fraction of sp³-hybridized carbons (Fsp3) is 0.333. The smallest absolute Gasteiger partial charge is 0.246 e. The van der Waals surface area contributed by atoms with E-state index >= 15 is 0 Å². The van der Waals surface area contributed by atoms with E-state index in [0.717, 1.165) is 29.1 Å². The van der Waals surface area contributed by atoms with Gasteiger partial charge >= 0.3 is 0 Å². The highest BCUT2D eigenvalue weighted by atomic mass is 35.5. The molecule has 1 aromatic carbocycles. The minimum atomic E-state index is -0.0621. The summed E-state index contributed by atoms with van der Waals surface area (Å²) < 4.78 is 1.96. The van der Waals surface area contributed by atoms with Gasteiger partial charge in [0.05, 0.1) is 5.69 Å². The number of aryl methyl sites for hydroxylation is 2. The van der Waals surface area contributed by atoms with Crippen molar-refractivity contribution in [2.24, 2.45) is 0 Å². The molecule has 1 aromatic heterocycles. The molecule has 0 aliphatic carbocycles. The lowest BCUT2D eigenvalue weighted by Crippen LogP contribution is -2.24. The van der Waals surface area contributed by atoms with Gasteiger partial charge in [0, 0.05) is 42.5 Å². The molecule has 4 nitrogen and oxygen atoms in total. The number of carbonyl (C=O) groups excluding carboxylic acids is 1. The summed E-state index contributed by atoms with van der Waals surface area (Å²) >= 11 is 6.09. The Morgan fingerprint density at radius 3 is 2.65 bits per heavy atom. The fourth-order valence-corrected chi connectivity index (χ4v) is 2.68. The second-order valence-electron chi connectivity index (χ2n) is 5.51. The summed E-state index contributed by atoms with van der Waals surface area (Å²) in [5.41, 5.74) is 4.02. The molecule has 0 saturated heterocycles. The zero-order valence-corrected chi connectivity index (χ0v) is 14.8. The number of amides is 1. The summed E-state index contributed by atoms with van der Waals surface area (Å²) in [6.45, 7) is 7.45. The van der Waals surface area contributed by atoms with Crippen LogP contribution in [0.25, 0.3) is 6.08 Å². The highest BCUT2D eigenvalue weighted by Crippen LogP contribution is 2.17. The number of hydrogen-bond donors (Lipinski definition) is 0. The van der Waals surface area contributed by atoms with E-state index in [1.165, 1.54) is 0 Å². The average Bonchev–Trinajstić information content (AvgIpc) is 2.81. The first-order chi connectivity index (χ1) is 10.9. The van der Waals surface area contributed by atoms with Crippen LogP contribution in [0.2, 0.25) is 5.02 Å². The Morgan fingerprint density at radius 2 is 2.04 bits per heavy atom. The lowest BCUT2D eigenvalue weighted by atomic mass is 10.2. The molecule has 5 heteroatoms. The Labute approximate surface area is 142 Å². The molecule has 1 heterocycles. The monoisotopic (exact) mass is 331 g/mol. The van der Waals surface area contributed by atoms with Crippen LogP contribution in [0.15, 0.2) is 30.3 Å². The van der Waals surface area contributed by atoms with Crippen molar-refractivity contribution in [1.29, 1.82) is 0 Å². The number of rotatable bonds is 5. The minimum Gasteiger partial charge on any atom is -0.338 e. The van der Waals surface area contributed by atoms with Crippen LogP contribution in [-0.2, 0) is 17.9 Å². The Hall–Kier alpha value is -2.07. The maximum atomic E-state index is 12.3. The van der Waals surface area contributed by atoms with E-state index in [9.17, 15) is 4.79 Å². The summed E-state index contributed by atoms with van der Waals surface area (Å²) in [7, 11) is 1.79. The predicted octanol–water partition coefficient (Wildman–Crippen LogP) is 3.85. The summed E-state index contributed by atoms with van der Waals surface area (Å²) in [4.78, 5) is 14.0. The Balaban J connectivity index is 2.09. The molecule has 0 spiro atoms. The van der Waals surface area contributed by atoms with Crippen LogP contribution in [-0.4, -0.2) is 27.6 Å². The Morgan fingerprint density at radius 1 is 1.35 bits per heavy atom. The van der Waals surface area contributed by atoms with Crippen molar-refractivity contribution < 1.29 is 4.79 Å². The van der Waals surface area contributed by atoms with Gasteiger partial charge in [0.25, 0.3) is 0 Å². The predicted molar refractivity (Wildman–Crippen MR) is 94.3 cm³/mol. The number of carbonyl (C=O) groups is 1. The number of aromatic nitrogens is 2. The second-order valence-corrected chi connectivity index (χ2v) is 5.92. The second kappa shape index (κ2) is 7.47. The Kier molecular flexibility index (Phi) is 5.61. The normalized spacial score (nSPS) is 11.2. The number of hydrogen-bond acceptors (Lipinski definition) is 2. The van der Waals surface area contributed by atoms with Crippen molar-refractivity contribution in [2.75, 3.05) is 7.05 Å². The summed E-state index contributed by atoms with van der Waals surface area (Å²) in [6.07, 6.45) is 3.30. The van der Waals surface area contributed by atoms with Crippen LogP contribution in [0.5, 0.6) is 0 Å². The third-order valence-electron chi connectivity index (χ3n) is 3.91. The standard InChI is InChI=1S/C18H22ClN3O/c1-5-22-14(3)16(13(2)20-22)12-21(4)18(23)11-10-15-8-6-7-9-17(15)19/h6-11H,5,12H2,1-4H3/b11-10+. The third-order valence-corrected chi connectivity index (χ3v) is 4.26. The summed E-state index contributed by atoms with van der Waals surface area (Å²) in [5, 5.41) is 5.12. The van der Waals surface area contributed by atoms with Gasteiger partial charge in [-0.3, -0.25) is 9.48 Å². The molecule has 23 heavy (non-hydrogen) atoms. The van der Waals surface area contributed by atoms with Crippen LogP contribution >= 0.6 is 11.6 Å². The molecule has 0 N–H and O–H groups in total. The first-order valence-corrected chi connectivity index (χ1v) is 8.02. The molecule has 2 rings (SSSR count). The Bertz CT molecular complexity index is 734. The van der Waals surface area contributed by atoms with Crippen molar-refractivity contribution in [3.8, 4) is 0 Å². The zero-order chi connectivity index (χ0) is 17.0. The molecule has 0 atom stereocenters. The molecular formula is C18H22ClN3O. The topological polar surface area (TPSA) is 38.1 Å². The van der Waals surface area contributed by atoms with E-state index in [1.54, 1.807) is 30.2 Å². The summed E-state index contributed by atoms with van der Waals surface area (Å²) in [6, 6.07) is 7.45. The van der Waals surface area contributed by atoms with Gasteiger partial charge in [0.2, 0.25) is 5.91 Å². The SMILES string of the molecule is CCn1nc(C)c(CN(C)C(=O)/C=C/c2ccccc2Cl)c1C. The van der Waals surface area contributed by atoms with Crippen molar-refractivity contribution in [1.82, 2.24) is 14.7 Å². The van der Waals surface area contributed by atoms with Crippen LogP contribution < -0.4 is 0 Å². The molecule has 0 fully saturated rings. The quantitative estimate of drug-likeness (QED) is 0.781. The zero-order valence-electron chi connectivity index (χ0n) is 14.0.